The lowest BCUT2D eigenvalue weighted by molar-refractivity contribution is -0.137. The summed E-state index contributed by atoms with van der Waals surface area (Å²) in [5.41, 5.74) is 0.126. The summed E-state index contributed by atoms with van der Waals surface area (Å²) >= 11 is 0. The van der Waals surface area contributed by atoms with E-state index < -0.39 is 24.0 Å². The Hall–Kier alpha value is -2.73. The number of rotatable bonds is 5. The van der Waals surface area contributed by atoms with E-state index in [2.05, 4.69) is 15.3 Å². The van der Waals surface area contributed by atoms with E-state index >= 15 is 0 Å². The molecule has 0 radical (unpaired) electrons. The van der Waals surface area contributed by atoms with Crippen molar-refractivity contribution in [3.05, 3.63) is 53.0 Å². The lowest BCUT2D eigenvalue weighted by Crippen LogP contribution is -2.30. The Morgan fingerprint density at radius 1 is 1.33 bits per heavy atom. The summed E-state index contributed by atoms with van der Waals surface area (Å²) in [7, 11) is 0. The van der Waals surface area contributed by atoms with E-state index in [0.717, 1.165) is 12.1 Å². The van der Waals surface area contributed by atoms with Crippen molar-refractivity contribution in [2.24, 2.45) is 0 Å². The first-order valence-electron chi connectivity index (χ1n) is 8.31. The SMILES string of the molecule is [C-]#[N+]c1nn(-c2ccc(C(F)(F)F)cc2)cc1CCC(=O)[C@@H]1C[C@@H](F)CN1. The van der Waals surface area contributed by atoms with Gasteiger partial charge in [-0.05, 0) is 35.8 Å². The Kier molecular flexibility index (Phi) is 5.28. The molecular weight excluding hydrogens is 364 g/mol. The second-order valence-electron chi connectivity index (χ2n) is 6.34. The number of nitrogens with one attached hydrogen (secondary N) is 1. The second-order valence-corrected chi connectivity index (χ2v) is 6.34. The molecule has 1 N–H and O–H groups in total. The molecule has 0 saturated carbocycles. The maximum Gasteiger partial charge on any atom is 0.416 e. The molecule has 0 bridgehead atoms. The topological polar surface area (TPSA) is 51.3 Å². The molecule has 0 unspecified atom stereocenters. The van der Waals surface area contributed by atoms with E-state index in [9.17, 15) is 22.4 Å². The molecular formula is C18H16F4N4O. The van der Waals surface area contributed by atoms with Crippen molar-refractivity contribution >= 4 is 11.6 Å². The fraction of sp³-hybridized carbons (Fsp3) is 0.389. The summed E-state index contributed by atoms with van der Waals surface area (Å²) in [5.74, 6) is -0.0428. The van der Waals surface area contributed by atoms with Crippen molar-refractivity contribution in [3.63, 3.8) is 0 Å². The van der Waals surface area contributed by atoms with Crippen molar-refractivity contribution in [3.8, 4) is 5.69 Å². The average Bonchev–Trinajstić information content (AvgIpc) is 3.25. The molecule has 2 atom stereocenters. The molecule has 0 spiro atoms. The Morgan fingerprint density at radius 2 is 2.04 bits per heavy atom. The highest BCUT2D eigenvalue weighted by atomic mass is 19.4. The van der Waals surface area contributed by atoms with Gasteiger partial charge in [0.1, 0.15) is 12.0 Å². The minimum atomic E-state index is -4.43. The van der Waals surface area contributed by atoms with E-state index in [1.165, 1.54) is 23.0 Å². The van der Waals surface area contributed by atoms with E-state index in [1.54, 1.807) is 0 Å². The van der Waals surface area contributed by atoms with Crippen molar-refractivity contribution in [2.75, 3.05) is 6.54 Å². The highest BCUT2D eigenvalue weighted by molar-refractivity contribution is 5.84. The van der Waals surface area contributed by atoms with Gasteiger partial charge in [-0.2, -0.15) is 17.9 Å². The summed E-state index contributed by atoms with van der Waals surface area (Å²) in [6, 6.07) is 3.90. The molecule has 1 aromatic carbocycles. The number of alkyl halides is 4. The monoisotopic (exact) mass is 380 g/mol. The summed E-state index contributed by atoms with van der Waals surface area (Å²) in [5, 5.41) is 6.89. The molecule has 3 rings (SSSR count). The first-order chi connectivity index (χ1) is 12.8. The predicted molar refractivity (Wildman–Crippen MR) is 89.5 cm³/mol. The number of aryl methyl sites for hydroxylation is 1. The van der Waals surface area contributed by atoms with Crippen LogP contribution >= 0.6 is 0 Å². The van der Waals surface area contributed by atoms with Gasteiger partial charge in [0.05, 0.1) is 17.3 Å². The molecule has 1 fully saturated rings. The van der Waals surface area contributed by atoms with Crippen molar-refractivity contribution in [2.45, 2.75) is 37.7 Å². The van der Waals surface area contributed by atoms with E-state index in [1.807, 2.05) is 0 Å². The number of ketones is 1. The molecule has 2 heterocycles. The molecule has 1 saturated heterocycles. The van der Waals surface area contributed by atoms with Crippen LogP contribution in [0.3, 0.4) is 0 Å². The third kappa shape index (κ3) is 4.34. The third-order valence-electron chi connectivity index (χ3n) is 4.44. The zero-order valence-electron chi connectivity index (χ0n) is 14.1. The maximum absolute atomic E-state index is 13.2. The average molecular weight is 380 g/mol. The smallest absolute Gasteiger partial charge is 0.359 e. The molecule has 1 aromatic heterocycles. The highest BCUT2D eigenvalue weighted by Crippen LogP contribution is 2.30. The number of halogens is 4. The Morgan fingerprint density at radius 3 is 2.59 bits per heavy atom. The summed E-state index contributed by atoms with van der Waals surface area (Å²) in [6.45, 7) is 7.37. The van der Waals surface area contributed by atoms with Gasteiger partial charge in [0.25, 0.3) is 5.82 Å². The number of aromatic nitrogens is 2. The van der Waals surface area contributed by atoms with E-state index in [-0.39, 0.29) is 37.4 Å². The van der Waals surface area contributed by atoms with Crippen LogP contribution in [-0.4, -0.2) is 34.3 Å². The summed E-state index contributed by atoms with van der Waals surface area (Å²) in [4.78, 5) is 15.4. The van der Waals surface area contributed by atoms with Crippen LogP contribution in [0.5, 0.6) is 0 Å². The normalized spacial score (nSPS) is 19.8. The molecule has 5 nitrogen and oxygen atoms in total. The molecule has 1 aliphatic heterocycles. The molecule has 27 heavy (non-hydrogen) atoms. The van der Waals surface area contributed by atoms with Gasteiger partial charge in [0.15, 0.2) is 0 Å². The Balaban J connectivity index is 1.72. The molecule has 1 aliphatic rings. The largest absolute Gasteiger partial charge is 0.416 e. The van der Waals surface area contributed by atoms with Crippen LogP contribution in [0.1, 0.15) is 24.0 Å². The zero-order valence-corrected chi connectivity index (χ0v) is 14.1. The van der Waals surface area contributed by atoms with Crippen molar-refractivity contribution in [1.29, 1.82) is 0 Å². The minimum absolute atomic E-state index is 0.0884. The standard InChI is InChI=1S/C18H16F4N4O/c1-23-17-11(2-7-16(27)15-8-13(19)9-24-15)10-26(25-17)14-5-3-12(4-6-14)18(20,21)22/h3-6,10,13,15,24H,2,7-9H2/t13-,15+/m1/s1. The number of carbonyl (C=O) groups excluding carboxylic acids is 1. The summed E-state index contributed by atoms with van der Waals surface area (Å²) in [6.07, 6.45) is -3.39. The Bertz CT molecular complexity index is 867. The van der Waals surface area contributed by atoms with Gasteiger partial charge in [-0.1, -0.05) is 6.57 Å². The third-order valence-corrected chi connectivity index (χ3v) is 4.44. The van der Waals surface area contributed by atoms with Gasteiger partial charge in [-0.25, -0.2) is 4.39 Å². The van der Waals surface area contributed by atoms with Crippen LogP contribution in [0.4, 0.5) is 23.4 Å². The van der Waals surface area contributed by atoms with Gasteiger partial charge in [0, 0.05) is 31.1 Å². The Labute approximate surface area is 152 Å². The van der Waals surface area contributed by atoms with E-state index in [0.29, 0.717) is 11.3 Å². The lowest BCUT2D eigenvalue weighted by Gasteiger charge is -2.07. The van der Waals surface area contributed by atoms with Crippen LogP contribution < -0.4 is 5.32 Å². The fourth-order valence-electron chi connectivity index (χ4n) is 2.98. The quantitative estimate of drug-likeness (QED) is 0.637. The van der Waals surface area contributed by atoms with Crippen molar-refractivity contribution in [1.82, 2.24) is 15.1 Å². The zero-order chi connectivity index (χ0) is 19.6. The number of Topliss-reactive ketones (excluding diaryl/α,β-unsaturated/α-hetero) is 1. The first kappa shape index (κ1) is 19.0. The van der Waals surface area contributed by atoms with Gasteiger partial charge in [-0.3, -0.25) is 4.79 Å². The van der Waals surface area contributed by atoms with Gasteiger partial charge >= 0.3 is 6.18 Å². The molecule has 9 heteroatoms. The number of nitrogens with zero attached hydrogens (tertiary/aromatic N) is 3. The van der Waals surface area contributed by atoms with Crippen molar-refractivity contribution < 1.29 is 22.4 Å². The van der Waals surface area contributed by atoms with Gasteiger partial charge in [-0.15, -0.1) is 0 Å². The van der Waals surface area contributed by atoms with E-state index in [4.69, 9.17) is 6.57 Å². The summed E-state index contributed by atoms with van der Waals surface area (Å²) < 4.78 is 52.4. The van der Waals surface area contributed by atoms with Gasteiger partial charge < -0.3 is 10.2 Å². The van der Waals surface area contributed by atoms with Crippen LogP contribution in [0.2, 0.25) is 0 Å². The number of benzene rings is 1. The van der Waals surface area contributed by atoms with Crippen LogP contribution in [0, 0.1) is 6.57 Å². The first-order valence-corrected chi connectivity index (χ1v) is 8.31. The second kappa shape index (κ2) is 7.48. The molecule has 142 valence electrons. The molecule has 0 aliphatic carbocycles. The maximum atomic E-state index is 13.2. The van der Waals surface area contributed by atoms with Crippen LogP contribution in [-0.2, 0) is 17.4 Å². The van der Waals surface area contributed by atoms with Crippen LogP contribution in [0.25, 0.3) is 10.5 Å². The lowest BCUT2D eigenvalue weighted by atomic mass is 10.0. The van der Waals surface area contributed by atoms with Crippen LogP contribution in [0.15, 0.2) is 30.5 Å². The number of carbonyl (C=O) groups is 1. The number of hydrogen-bond acceptors (Lipinski definition) is 3. The molecule has 2 aromatic rings. The minimum Gasteiger partial charge on any atom is -0.359 e. The molecule has 0 amide bonds. The van der Waals surface area contributed by atoms with Gasteiger partial charge in [0.2, 0.25) is 0 Å². The predicted octanol–water partition coefficient (Wildman–Crippen LogP) is 3.64. The fourth-order valence-corrected chi connectivity index (χ4v) is 2.98. The highest BCUT2D eigenvalue weighted by Gasteiger charge is 2.30. The number of hydrogen-bond donors (Lipinski definition) is 1.